The maximum absolute atomic E-state index is 12.0. The van der Waals surface area contributed by atoms with Crippen molar-refractivity contribution < 1.29 is 4.79 Å². The van der Waals surface area contributed by atoms with Crippen LogP contribution in [0.1, 0.15) is 0 Å². The van der Waals surface area contributed by atoms with Crippen LogP contribution in [-0.2, 0) is 0 Å². The number of amides is 2. The number of nitrogens with one attached hydrogen (secondary N) is 3. The smallest absolute Gasteiger partial charge is 0.308 e. The number of para-hydroxylation sites is 1. The van der Waals surface area contributed by atoms with Crippen molar-refractivity contribution in [2.24, 2.45) is 0 Å². The van der Waals surface area contributed by atoms with Gasteiger partial charge in [0.15, 0.2) is 0 Å². The zero-order chi connectivity index (χ0) is 14.5. The molecule has 3 N–H and O–H groups in total. The molecule has 0 bridgehead atoms. The highest BCUT2D eigenvalue weighted by molar-refractivity contribution is 6.01. The Labute approximate surface area is 122 Å². The average Bonchev–Trinajstić information content (AvgIpc) is 2.97. The van der Waals surface area contributed by atoms with Crippen molar-refractivity contribution in [1.29, 1.82) is 0 Å². The van der Waals surface area contributed by atoms with E-state index < -0.39 is 0 Å². The van der Waals surface area contributed by atoms with Gasteiger partial charge in [-0.15, -0.1) is 0 Å². The molecular weight excluding hydrogens is 264 g/mol. The number of aromatic nitrogens is 2. The lowest BCUT2D eigenvalue weighted by molar-refractivity contribution is 0.262. The molecule has 5 heteroatoms. The van der Waals surface area contributed by atoms with Crippen LogP contribution >= 0.6 is 0 Å². The first kappa shape index (κ1) is 12.9. The van der Waals surface area contributed by atoms with E-state index in [0.29, 0.717) is 11.4 Å². The predicted octanol–water partition coefficient (Wildman–Crippen LogP) is 3.72. The van der Waals surface area contributed by atoms with Crippen LogP contribution in [0.2, 0.25) is 0 Å². The normalized spacial score (nSPS) is 10.1. The number of hydrogen-bond acceptors (Lipinski definition) is 2. The Kier molecular flexibility index (Phi) is 3.64. The highest BCUT2D eigenvalue weighted by Crippen LogP contribution is 2.24. The van der Waals surface area contributed by atoms with E-state index >= 15 is 0 Å². The highest BCUT2D eigenvalue weighted by atomic mass is 16.2. The zero-order valence-electron chi connectivity index (χ0n) is 11.2. The van der Waals surface area contributed by atoms with E-state index in [1.807, 2.05) is 60.7 Å². The van der Waals surface area contributed by atoms with Gasteiger partial charge < -0.3 is 10.6 Å². The van der Waals surface area contributed by atoms with Crippen LogP contribution in [0.4, 0.5) is 16.2 Å². The Bertz CT molecular complexity index is 722. The largest absolute Gasteiger partial charge is 0.323 e. The molecule has 104 valence electrons. The zero-order valence-corrected chi connectivity index (χ0v) is 11.2. The minimum atomic E-state index is -0.306. The van der Waals surface area contributed by atoms with Crippen molar-refractivity contribution >= 4 is 17.4 Å². The van der Waals surface area contributed by atoms with Gasteiger partial charge in [0.05, 0.1) is 5.69 Å². The minimum absolute atomic E-state index is 0.306. The van der Waals surface area contributed by atoms with Crippen molar-refractivity contribution in [2.45, 2.75) is 0 Å². The molecular formula is C16H14N4O. The van der Waals surface area contributed by atoms with Crippen molar-refractivity contribution in [3.63, 3.8) is 0 Å². The summed E-state index contributed by atoms with van der Waals surface area (Å²) >= 11 is 0. The second-order valence-corrected chi connectivity index (χ2v) is 4.46. The number of carbonyl (C=O) groups is 1. The van der Waals surface area contributed by atoms with Gasteiger partial charge in [0, 0.05) is 17.4 Å². The van der Waals surface area contributed by atoms with Gasteiger partial charge in [0.2, 0.25) is 0 Å². The number of benzene rings is 2. The Hall–Kier alpha value is -3.08. The Morgan fingerprint density at radius 3 is 2.29 bits per heavy atom. The van der Waals surface area contributed by atoms with Gasteiger partial charge in [-0.3, -0.25) is 5.10 Å². The number of nitrogens with zero attached hydrogens (tertiary/aromatic N) is 1. The summed E-state index contributed by atoms with van der Waals surface area (Å²) in [5.74, 6) is 0. The van der Waals surface area contributed by atoms with E-state index in [0.717, 1.165) is 11.3 Å². The molecule has 0 spiro atoms. The summed E-state index contributed by atoms with van der Waals surface area (Å²) in [6, 6.07) is 18.6. The summed E-state index contributed by atoms with van der Waals surface area (Å²) in [5.41, 5.74) is 3.02. The van der Waals surface area contributed by atoms with Crippen LogP contribution in [0.15, 0.2) is 66.9 Å². The van der Waals surface area contributed by atoms with Gasteiger partial charge in [-0.25, -0.2) is 4.79 Å². The molecule has 5 nitrogen and oxygen atoms in total. The maximum atomic E-state index is 12.0. The molecule has 0 radical (unpaired) electrons. The Morgan fingerprint density at radius 2 is 1.57 bits per heavy atom. The fraction of sp³-hybridized carbons (Fsp3) is 0. The molecule has 0 aliphatic carbocycles. The molecule has 2 aromatic carbocycles. The third-order valence-electron chi connectivity index (χ3n) is 2.97. The van der Waals surface area contributed by atoms with Gasteiger partial charge in [-0.1, -0.05) is 48.5 Å². The van der Waals surface area contributed by atoms with E-state index in [-0.39, 0.29) is 6.03 Å². The first-order valence-electron chi connectivity index (χ1n) is 6.55. The lowest BCUT2D eigenvalue weighted by Gasteiger charge is -2.07. The summed E-state index contributed by atoms with van der Waals surface area (Å²) < 4.78 is 0. The van der Waals surface area contributed by atoms with Crippen molar-refractivity contribution in [2.75, 3.05) is 10.6 Å². The van der Waals surface area contributed by atoms with Crippen molar-refractivity contribution in [1.82, 2.24) is 10.2 Å². The second kappa shape index (κ2) is 5.92. The molecule has 0 fully saturated rings. The standard InChI is InChI=1S/C16H14N4O/c21-16(18-13-9-5-2-6-10-13)19-14-11-17-20-15(14)12-7-3-1-4-8-12/h1-11H,(H,17,20)(H2,18,19,21). The molecule has 3 rings (SSSR count). The number of aromatic amines is 1. The second-order valence-electron chi connectivity index (χ2n) is 4.46. The average molecular weight is 278 g/mol. The molecule has 2 amide bonds. The third kappa shape index (κ3) is 3.09. The Morgan fingerprint density at radius 1 is 0.905 bits per heavy atom. The van der Waals surface area contributed by atoms with E-state index in [2.05, 4.69) is 20.8 Å². The molecule has 0 unspecified atom stereocenters. The molecule has 0 atom stereocenters. The quantitative estimate of drug-likeness (QED) is 0.683. The maximum Gasteiger partial charge on any atom is 0.323 e. The van der Waals surface area contributed by atoms with Crippen molar-refractivity contribution in [3.8, 4) is 11.3 Å². The van der Waals surface area contributed by atoms with Gasteiger partial charge in [0.1, 0.15) is 5.69 Å². The molecule has 0 aliphatic heterocycles. The summed E-state index contributed by atoms with van der Waals surface area (Å²) in [4.78, 5) is 12.0. The number of hydrogen-bond donors (Lipinski definition) is 3. The fourth-order valence-electron chi connectivity index (χ4n) is 2.01. The molecule has 0 saturated heterocycles. The molecule has 3 aromatic rings. The summed E-state index contributed by atoms with van der Waals surface area (Å²) in [6.45, 7) is 0. The Balaban J connectivity index is 1.74. The number of anilines is 2. The molecule has 0 aliphatic rings. The summed E-state index contributed by atoms with van der Waals surface area (Å²) in [7, 11) is 0. The predicted molar refractivity (Wildman–Crippen MR) is 83.1 cm³/mol. The topological polar surface area (TPSA) is 69.8 Å². The fourth-order valence-corrected chi connectivity index (χ4v) is 2.01. The van der Waals surface area contributed by atoms with Crippen LogP contribution in [0.25, 0.3) is 11.3 Å². The summed E-state index contributed by atoms with van der Waals surface area (Å²) in [6.07, 6.45) is 1.66. The first-order valence-corrected chi connectivity index (χ1v) is 6.55. The van der Waals surface area contributed by atoms with E-state index in [1.165, 1.54) is 0 Å². The lowest BCUT2D eigenvalue weighted by Crippen LogP contribution is -2.19. The lowest BCUT2D eigenvalue weighted by atomic mass is 10.1. The molecule has 0 saturated carbocycles. The minimum Gasteiger partial charge on any atom is -0.308 e. The molecule has 21 heavy (non-hydrogen) atoms. The number of urea groups is 1. The highest BCUT2D eigenvalue weighted by Gasteiger charge is 2.11. The van der Waals surface area contributed by atoms with Gasteiger partial charge >= 0.3 is 6.03 Å². The van der Waals surface area contributed by atoms with Gasteiger partial charge in [-0.05, 0) is 12.1 Å². The number of carbonyl (C=O) groups excluding carboxylic acids is 1. The molecule has 1 heterocycles. The van der Waals surface area contributed by atoms with Crippen molar-refractivity contribution in [3.05, 3.63) is 66.9 Å². The van der Waals surface area contributed by atoms with Crippen LogP contribution in [0, 0.1) is 0 Å². The van der Waals surface area contributed by atoms with Crippen LogP contribution in [-0.4, -0.2) is 16.2 Å². The first-order chi connectivity index (χ1) is 10.3. The summed E-state index contributed by atoms with van der Waals surface area (Å²) in [5, 5.41) is 12.5. The SMILES string of the molecule is O=C(Nc1ccccc1)Nc1c[nH]nc1-c1ccccc1. The number of H-pyrrole nitrogens is 1. The third-order valence-corrected chi connectivity index (χ3v) is 2.97. The van der Waals surface area contributed by atoms with Gasteiger partial charge in [0.25, 0.3) is 0 Å². The van der Waals surface area contributed by atoms with Crippen LogP contribution < -0.4 is 10.6 Å². The monoisotopic (exact) mass is 278 g/mol. The van der Waals surface area contributed by atoms with E-state index in [1.54, 1.807) is 6.20 Å². The van der Waals surface area contributed by atoms with E-state index in [9.17, 15) is 4.79 Å². The molecule has 1 aromatic heterocycles. The van der Waals surface area contributed by atoms with Crippen LogP contribution in [0.3, 0.4) is 0 Å². The number of rotatable bonds is 3. The van der Waals surface area contributed by atoms with E-state index in [4.69, 9.17) is 0 Å². The van der Waals surface area contributed by atoms with Crippen LogP contribution in [0.5, 0.6) is 0 Å². The van der Waals surface area contributed by atoms with Gasteiger partial charge in [-0.2, -0.15) is 5.10 Å².